The number of halogens is 3. The summed E-state index contributed by atoms with van der Waals surface area (Å²) >= 11 is 19.9. The van der Waals surface area contributed by atoms with Crippen molar-refractivity contribution < 1.29 is 0 Å². The van der Waals surface area contributed by atoms with Crippen LogP contribution in [0.5, 0.6) is 0 Å². The first-order chi connectivity index (χ1) is 9.99. The zero-order valence-electron chi connectivity index (χ0n) is 11.6. The maximum atomic E-state index is 6.34. The highest BCUT2D eigenvalue weighted by Crippen LogP contribution is 2.34. The number of hydrogen-bond donors (Lipinski definition) is 1. The number of nitrogens with two attached hydrogens (primary N) is 1. The minimum Gasteiger partial charge on any atom is -0.327 e. The Hall–Kier alpha value is -0.380. The van der Waals surface area contributed by atoms with Crippen LogP contribution in [0.25, 0.3) is 0 Å². The first-order valence-electron chi connectivity index (χ1n) is 6.66. The maximum absolute atomic E-state index is 6.34. The molecule has 1 unspecified atom stereocenters. The standard InChI is InChI=1S/C16H16Cl3NS/c1-2-11(20)7-10-3-4-12(8-15(10)18)21-13-5-6-14(17)16(19)9-13/h3-6,8-9,11H,2,7,20H2,1H3. The Bertz CT molecular complexity index is 631. The molecule has 0 aromatic heterocycles. The highest BCUT2D eigenvalue weighted by Gasteiger charge is 2.08. The zero-order valence-corrected chi connectivity index (χ0v) is 14.7. The molecule has 1 atom stereocenters. The summed E-state index contributed by atoms with van der Waals surface area (Å²) in [6.07, 6.45) is 1.74. The molecule has 0 aliphatic rings. The summed E-state index contributed by atoms with van der Waals surface area (Å²) in [5, 5.41) is 1.87. The SMILES string of the molecule is CCC(N)Cc1ccc(Sc2ccc(Cl)c(Cl)c2)cc1Cl. The highest BCUT2D eigenvalue weighted by atomic mass is 35.5. The van der Waals surface area contributed by atoms with Gasteiger partial charge in [0.25, 0.3) is 0 Å². The van der Waals surface area contributed by atoms with Crippen LogP contribution in [-0.4, -0.2) is 6.04 Å². The second kappa shape index (κ2) is 7.75. The third-order valence-corrected chi connectivity index (χ3v) is 5.23. The lowest BCUT2D eigenvalue weighted by Gasteiger charge is -2.11. The van der Waals surface area contributed by atoms with Gasteiger partial charge in [0.1, 0.15) is 0 Å². The van der Waals surface area contributed by atoms with E-state index in [0.29, 0.717) is 10.0 Å². The van der Waals surface area contributed by atoms with Crippen molar-refractivity contribution in [2.24, 2.45) is 5.73 Å². The third-order valence-electron chi connectivity index (χ3n) is 3.16. The van der Waals surface area contributed by atoms with Crippen molar-refractivity contribution in [3.8, 4) is 0 Å². The second-order valence-electron chi connectivity index (χ2n) is 4.80. The molecule has 2 aromatic carbocycles. The van der Waals surface area contributed by atoms with Gasteiger partial charge >= 0.3 is 0 Å². The fourth-order valence-corrected chi connectivity index (χ4v) is 3.44. The molecule has 0 radical (unpaired) electrons. The van der Waals surface area contributed by atoms with E-state index in [9.17, 15) is 0 Å². The largest absolute Gasteiger partial charge is 0.327 e. The van der Waals surface area contributed by atoms with Crippen LogP contribution in [0, 0.1) is 0 Å². The van der Waals surface area contributed by atoms with Crippen LogP contribution < -0.4 is 5.73 Å². The normalized spacial score (nSPS) is 12.4. The van der Waals surface area contributed by atoms with Gasteiger partial charge < -0.3 is 5.73 Å². The number of rotatable bonds is 5. The van der Waals surface area contributed by atoms with Gasteiger partial charge in [-0.3, -0.25) is 0 Å². The van der Waals surface area contributed by atoms with Crippen LogP contribution in [0.15, 0.2) is 46.2 Å². The molecule has 5 heteroatoms. The molecule has 0 aliphatic carbocycles. The minimum atomic E-state index is 0.149. The van der Waals surface area contributed by atoms with Crippen molar-refractivity contribution in [3.63, 3.8) is 0 Å². The molecule has 0 amide bonds. The van der Waals surface area contributed by atoms with Gasteiger partial charge in [-0.15, -0.1) is 0 Å². The molecule has 1 nitrogen and oxygen atoms in total. The number of hydrogen-bond acceptors (Lipinski definition) is 2. The van der Waals surface area contributed by atoms with Crippen molar-refractivity contribution in [3.05, 3.63) is 57.0 Å². The molecule has 0 saturated heterocycles. The molecular formula is C16H16Cl3NS. The Kier molecular flexibility index (Phi) is 6.27. The Morgan fingerprint density at radius 1 is 0.952 bits per heavy atom. The molecule has 21 heavy (non-hydrogen) atoms. The van der Waals surface area contributed by atoms with Crippen LogP contribution in [0.1, 0.15) is 18.9 Å². The molecule has 0 bridgehead atoms. The van der Waals surface area contributed by atoms with E-state index in [1.807, 2.05) is 24.3 Å². The Morgan fingerprint density at radius 2 is 1.57 bits per heavy atom. The second-order valence-corrected chi connectivity index (χ2v) is 7.17. The van der Waals surface area contributed by atoms with Crippen LogP contribution >= 0.6 is 46.6 Å². The van der Waals surface area contributed by atoms with Crippen LogP contribution in [0.2, 0.25) is 15.1 Å². The Labute approximate surface area is 144 Å². The number of benzene rings is 2. The minimum absolute atomic E-state index is 0.149. The summed E-state index contributed by atoms with van der Waals surface area (Å²) in [4.78, 5) is 2.09. The van der Waals surface area contributed by atoms with Gasteiger partial charge in [-0.1, -0.05) is 59.6 Å². The fraction of sp³-hybridized carbons (Fsp3) is 0.250. The van der Waals surface area contributed by atoms with Crippen LogP contribution in [0.4, 0.5) is 0 Å². The van der Waals surface area contributed by atoms with Gasteiger partial charge in [-0.25, -0.2) is 0 Å². The zero-order chi connectivity index (χ0) is 15.4. The summed E-state index contributed by atoms with van der Waals surface area (Å²) in [6, 6.07) is 11.8. The third kappa shape index (κ3) is 4.80. The summed E-state index contributed by atoms with van der Waals surface area (Å²) < 4.78 is 0. The summed E-state index contributed by atoms with van der Waals surface area (Å²) in [7, 11) is 0. The summed E-state index contributed by atoms with van der Waals surface area (Å²) in [5.41, 5.74) is 7.06. The lowest BCUT2D eigenvalue weighted by molar-refractivity contribution is 0.646. The Morgan fingerprint density at radius 3 is 2.14 bits per heavy atom. The molecule has 2 N–H and O–H groups in total. The van der Waals surface area contributed by atoms with E-state index in [2.05, 4.69) is 13.0 Å². The first-order valence-corrected chi connectivity index (χ1v) is 8.61. The van der Waals surface area contributed by atoms with Gasteiger partial charge in [0.05, 0.1) is 10.0 Å². The van der Waals surface area contributed by atoms with Gasteiger partial charge in [-0.05, 0) is 48.7 Å². The average Bonchev–Trinajstić information content (AvgIpc) is 2.45. The first kappa shape index (κ1) is 17.0. The smallest absolute Gasteiger partial charge is 0.0603 e. The summed E-state index contributed by atoms with van der Waals surface area (Å²) in [6.45, 7) is 2.08. The van der Waals surface area contributed by atoms with E-state index >= 15 is 0 Å². The molecular weight excluding hydrogens is 345 g/mol. The van der Waals surface area contributed by atoms with Crippen molar-refractivity contribution in [1.29, 1.82) is 0 Å². The van der Waals surface area contributed by atoms with Gasteiger partial charge in [0, 0.05) is 20.9 Å². The van der Waals surface area contributed by atoms with E-state index in [4.69, 9.17) is 40.5 Å². The van der Waals surface area contributed by atoms with E-state index in [1.54, 1.807) is 17.8 Å². The van der Waals surface area contributed by atoms with E-state index < -0.39 is 0 Å². The van der Waals surface area contributed by atoms with Crippen LogP contribution in [0.3, 0.4) is 0 Å². The van der Waals surface area contributed by atoms with Crippen molar-refractivity contribution in [2.75, 3.05) is 0 Å². The van der Waals surface area contributed by atoms with Gasteiger partial charge in [0.15, 0.2) is 0 Å². The van der Waals surface area contributed by atoms with Crippen LogP contribution in [-0.2, 0) is 6.42 Å². The summed E-state index contributed by atoms with van der Waals surface area (Å²) in [5.74, 6) is 0. The molecule has 0 fully saturated rings. The molecule has 2 rings (SSSR count). The fourth-order valence-electron chi connectivity index (χ4n) is 1.86. The molecule has 0 heterocycles. The molecule has 0 spiro atoms. The topological polar surface area (TPSA) is 26.0 Å². The predicted molar refractivity (Wildman–Crippen MR) is 94.0 cm³/mol. The van der Waals surface area contributed by atoms with Gasteiger partial charge in [-0.2, -0.15) is 0 Å². The van der Waals surface area contributed by atoms with E-state index in [1.165, 1.54) is 0 Å². The molecule has 2 aromatic rings. The van der Waals surface area contributed by atoms with E-state index in [0.717, 1.165) is 33.2 Å². The van der Waals surface area contributed by atoms with Gasteiger partial charge in [0.2, 0.25) is 0 Å². The highest BCUT2D eigenvalue weighted by molar-refractivity contribution is 7.99. The lowest BCUT2D eigenvalue weighted by atomic mass is 10.1. The monoisotopic (exact) mass is 359 g/mol. The average molecular weight is 361 g/mol. The maximum Gasteiger partial charge on any atom is 0.0603 e. The quantitative estimate of drug-likeness (QED) is 0.699. The Balaban J connectivity index is 2.14. The van der Waals surface area contributed by atoms with E-state index in [-0.39, 0.29) is 6.04 Å². The molecule has 0 saturated carbocycles. The van der Waals surface area contributed by atoms with Crippen molar-refractivity contribution >= 4 is 46.6 Å². The lowest BCUT2D eigenvalue weighted by Crippen LogP contribution is -2.21. The van der Waals surface area contributed by atoms with Crippen molar-refractivity contribution in [1.82, 2.24) is 0 Å². The molecule has 112 valence electrons. The molecule has 0 aliphatic heterocycles. The van der Waals surface area contributed by atoms with Crippen molar-refractivity contribution in [2.45, 2.75) is 35.6 Å². The predicted octanol–water partition coefficient (Wildman–Crippen LogP) is 6.08.